The van der Waals surface area contributed by atoms with Gasteiger partial charge in [0.1, 0.15) is 0 Å². The average molecular weight is 279 g/mol. The molecule has 0 aliphatic carbocycles. The molecule has 1 fully saturated rings. The maximum absolute atomic E-state index is 13.4. The minimum absolute atomic E-state index is 0.0384. The number of nitrogens with one attached hydrogen (secondary N) is 1. The third kappa shape index (κ3) is 2.87. The molecule has 1 aliphatic rings. The van der Waals surface area contributed by atoms with Gasteiger partial charge in [0.05, 0.1) is 16.0 Å². The van der Waals surface area contributed by atoms with Gasteiger partial charge in [-0.25, -0.2) is 17.8 Å². The number of sulfone groups is 1. The lowest BCUT2D eigenvalue weighted by Gasteiger charge is -2.11. The Kier molecular flexibility index (Phi) is 3.53. The van der Waals surface area contributed by atoms with E-state index < -0.39 is 20.9 Å². The van der Waals surface area contributed by atoms with Crippen LogP contribution in [-0.2, 0) is 9.84 Å². The lowest BCUT2D eigenvalue weighted by molar-refractivity contribution is 0.590. The van der Waals surface area contributed by atoms with Crippen LogP contribution in [0.5, 0.6) is 0 Å². The van der Waals surface area contributed by atoms with Crippen LogP contribution in [0, 0.1) is 5.82 Å². The Bertz CT molecular complexity index is 521. The fourth-order valence-corrected chi connectivity index (χ4v) is 3.75. The third-order valence-electron chi connectivity index (χ3n) is 2.77. The van der Waals surface area contributed by atoms with Gasteiger partial charge in [-0.1, -0.05) is 11.6 Å². The summed E-state index contributed by atoms with van der Waals surface area (Å²) in [5.74, 6) is -0.319. The van der Waals surface area contributed by atoms with Crippen molar-refractivity contribution in [3.05, 3.63) is 23.1 Å². The van der Waals surface area contributed by atoms with E-state index in [4.69, 9.17) is 11.6 Å². The van der Waals surface area contributed by atoms with Crippen molar-refractivity contribution in [1.29, 1.82) is 0 Å². The predicted octanol–water partition coefficient (Wildman–Crippen LogP) is 1.86. The zero-order valence-electron chi connectivity index (χ0n) is 8.99. The van der Waals surface area contributed by atoms with Crippen molar-refractivity contribution >= 4 is 27.3 Å². The number of rotatable bonds is 3. The Balaban J connectivity index is 2.03. The van der Waals surface area contributed by atoms with Crippen LogP contribution in [0.3, 0.4) is 0 Å². The molecule has 1 atom stereocenters. The Labute approximate surface area is 104 Å². The second-order valence-corrected chi connectivity index (χ2v) is 6.83. The van der Waals surface area contributed by atoms with Crippen LogP contribution in [-0.4, -0.2) is 30.9 Å². The number of nitrogens with zero attached hydrogens (tertiary/aromatic N) is 1. The highest BCUT2D eigenvalue weighted by Gasteiger charge is 2.31. The molecule has 0 spiro atoms. The standard InChI is InChI=1S/C10H12ClFN2O2S/c11-7-4-9(12)10(13-5-7)14-6-8-2-1-3-17(8,15)16/h4-5,8H,1-3,6H2,(H,13,14). The second-order valence-electron chi connectivity index (χ2n) is 4.00. The van der Waals surface area contributed by atoms with E-state index in [1.807, 2.05) is 0 Å². The summed E-state index contributed by atoms with van der Waals surface area (Å²) in [6.45, 7) is 0.188. The first-order chi connectivity index (χ1) is 7.99. The van der Waals surface area contributed by atoms with E-state index >= 15 is 0 Å². The molecule has 0 amide bonds. The van der Waals surface area contributed by atoms with Gasteiger partial charge in [-0.3, -0.25) is 0 Å². The highest BCUT2D eigenvalue weighted by Crippen LogP contribution is 2.21. The quantitative estimate of drug-likeness (QED) is 0.917. The van der Waals surface area contributed by atoms with E-state index in [9.17, 15) is 12.8 Å². The van der Waals surface area contributed by atoms with Crippen molar-refractivity contribution in [2.75, 3.05) is 17.6 Å². The number of pyridine rings is 1. The van der Waals surface area contributed by atoms with Crippen LogP contribution in [0.1, 0.15) is 12.8 Å². The Hall–Kier alpha value is -0.880. The maximum atomic E-state index is 13.4. The first-order valence-electron chi connectivity index (χ1n) is 5.25. The van der Waals surface area contributed by atoms with Crippen LogP contribution >= 0.6 is 11.6 Å². The number of halogens is 2. The van der Waals surface area contributed by atoms with Crippen LogP contribution in [0.4, 0.5) is 10.2 Å². The van der Waals surface area contributed by atoms with Gasteiger partial charge in [-0.15, -0.1) is 0 Å². The molecule has 2 heterocycles. The van der Waals surface area contributed by atoms with E-state index in [2.05, 4.69) is 10.3 Å². The monoisotopic (exact) mass is 278 g/mol. The van der Waals surface area contributed by atoms with Crippen molar-refractivity contribution in [3.63, 3.8) is 0 Å². The van der Waals surface area contributed by atoms with Crippen LogP contribution < -0.4 is 5.32 Å². The zero-order chi connectivity index (χ0) is 12.5. The molecule has 1 saturated heterocycles. The number of hydrogen-bond acceptors (Lipinski definition) is 4. The molecule has 0 bridgehead atoms. The summed E-state index contributed by atoms with van der Waals surface area (Å²) in [5.41, 5.74) is 0. The van der Waals surface area contributed by atoms with Crippen molar-refractivity contribution in [3.8, 4) is 0 Å². The van der Waals surface area contributed by atoms with E-state index in [1.165, 1.54) is 6.20 Å². The first-order valence-corrected chi connectivity index (χ1v) is 7.35. The van der Waals surface area contributed by atoms with Gasteiger partial charge in [0.15, 0.2) is 21.5 Å². The molecule has 17 heavy (non-hydrogen) atoms. The summed E-state index contributed by atoms with van der Waals surface area (Å²) in [5, 5.41) is 2.48. The molecule has 1 N–H and O–H groups in total. The van der Waals surface area contributed by atoms with E-state index in [-0.39, 0.29) is 23.1 Å². The Morgan fingerprint density at radius 3 is 2.94 bits per heavy atom. The minimum atomic E-state index is -3.02. The summed E-state index contributed by atoms with van der Waals surface area (Å²) in [7, 11) is -3.02. The summed E-state index contributed by atoms with van der Waals surface area (Å²) in [4.78, 5) is 3.77. The lowest BCUT2D eigenvalue weighted by Crippen LogP contribution is -2.25. The topological polar surface area (TPSA) is 59.1 Å². The van der Waals surface area contributed by atoms with Gasteiger partial charge in [0, 0.05) is 12.7 Å². The summed E-state index contributed by atoms with van der Waals surface area (Å²) in [6.07, 6.45) is 2.60. The van der Waals surface area contributed by atoms with Gasteiger partial charge < -0.3 is 5.32 Å². The van der Waals surface area contributed by atoms with Crippen molar-refractivity contribution in [1.82, 2.24) is 4.98 Å². The molecule has 94 valence electrons. The highest BCUT2D eigenvalue weighted by atomic mass is 35.5. The van der Waals surface area contributed by atoms with Gasteiger partial charge in [0.25, 0.3) is 0 Å². The molecule has 1 aromatic heterocycles. The molecular weight excluding hydrogens is 267 g/mol. The molecule has 4 nitrogen and oxygen atoms in total. The molecule has 7 heteroatoms. The predicted molar refractivity (Wildman–Crippen MR) is 64.5 cm³/mol. The fourth-order valence-electron chi connectivity index (χ4n) is 1.84. The molecule has 0 aromatic carbocycles. The van der Waals surface area contributed by atoms with Crippen LogP contribution in [0.2, 0.25) is 5.02 Å². The minimum Gasteiger partial charge on any atom is -0.366 e. The van der Waals surface area contributed by atoms with E-state index in [0.717, 1.165) is 6.07 Å². The second kappa shape index (κ2) is 4.78. The van der Waals surface area contributed by atoms with Crippen LogP contribution in [0.15, 0.2) is 12.3 Å². The molecule has 1 unspecified atom stereocenters. The van der Waals surface area contributed by atoms with Crippen molar-refractivity contribution in [2.45, 2.75) is 18.1 Å². The smallest absolute Gasteiger partial charge is 0.166 e. The molecule has 2 rings (SSSR count). The lowest BCUT2D eigenvalue weighted by atomic mass is 10.2. The highest BCUT2D eigenvalue weighted by molar-refractivity contribution is 7.92. The van der Waals surface area contributed by atoms with Gasteiger partial charge in [-0.2, -0.15) is 0 Å². The number of aromatic nitrogens is 1. The number of hydrogen-bond donors (Lipinski definition) is 1. The van der Waals surface area contributed by atoms with Crippen molar-refractivity contribution in [2.24, 2.45) is 0 Å². The molecular formula is C10H12ClFN2O2S. The van der Waals surface area contributed by atoms with Crippen molar-refractivity contribution < 1.29 is 12.8 Å². The van der Waals surface area contributed by atoms with E-state index in [0.29, 0.717) is 12.8 Å². The molecule has 1 aliphatic heterocycles. The normalized spacial score (nSPS) is 22.6. The molecule has 0 saturated carbocycles. The summed E-state index contributed by atoms with van der Waals surface area (Å²) < 4.78 is 36.5. The largest absolute Gasteiger partial charge is 0.366 e. The summed E-state index contributed by atoms with van der Waals surface area (Å²) >= 11 is 5.56. The molecule has 1 aromatic rings. The fraction of sp³-hybridized carbons (Fsp3) is 0.500. The first kappa shape index (κ1) is 12.6. The van der Waals surface area contributed by atoms with E-state index in [1.54, 1.807) is 0 Å². The zero-order valence-corrected chi connectivity index (χ0v) is 10.6. The van der Waals surface area contributed by atoms with Gasteiger partial charge >= 0.3 is 0 Å². The maximum Gasteiger partial charge on any atom is 0.166 e. The average Bonchev–Trinajstić information content (AvgIpc) is 2.57. The van der Waals surface area contributed by atoms with Gasteiger partial charge in [-0.05, 0) is 18.9 Å². The van der Waals surface area contributed by atoms with Gasteiger partial charge in [0.2, 0.25) is 0 Å². The summed E-state index contributed by atoms with van der Waals surface area (Å²) in [6, 6.07) is 1.14. The van der Waals surface area contributed by atoms with Crippen LogP contribution in [0.25, 0.3) is 0 Å². The SMILES string of the molecule is O=S1(=O)CCCC1CNc1ncc(Cl)cc1F. The Morgan fingerprint density at radius 1 is 1.59 bits per heavy atom. The third-order valence-corrected chi connectivity index (χ3v) is 5.25. The number of anilines is 1. The Morgan fingerprint density at radius 2 is 2.35 bits per heavy atom. The molecule has 0 radical (unpaired) electrons.